The Morgan fingerprint density at radius 3 is 2.63 bits per heavy atom. The van der Waals surface area contributed by atoms with E-state index in [1.807, 2.05) is 43.8 Å². The molecule has 0 radical (unpaired) electrons. The average Bonchev–Trinajstić information content (AvgIpc) is 3.20. The van der Waals surface area contributed by atoms with Crippen molar-refractivity contribution in [2.45, 2.75) is 77.7 Å². The van der Waals surface area contributed by atoms with Crippen LogP contribution in [0.3, 0.4) is 0 Å². The number of nitrogens with one attached hydrogen (secondary N) is 1. The Morgan fingerprint density at radius 1 is 1.21 bits per heavy atom. The van der Waals surface area contributed by atoms with Gasteiger partial charge in [0.2, 0.25) is 0 Å². The molecule has 0 aliphatic carbocycles. The van der Waals surface area contributed by atoms with Gasteiger partial charge in [0, 0.05) is 63.4 Å². The summed E-state index contributed by atoms with van der Waals surface area (Å²) in [4.78, 5) is 23.0. The average molecular weight is 559 g/mol. The quantitative estimate of drug-likeness (QED) is 0.257. The molecule has 1 fully saturated rings. The Kier molecular flexibility index (Phi) is 8.64. The predicted molar refractivity (Wildman–Crippen MR) is 154 cm³/mol. The van der Waals surface area contributed by atoms with Crippen molar-refractivity contribution in [3.05, 3.63) is 35.7 Å². The van der Waals surface area contributed by atoms with Crippen LogP contribution < -0.4 is 5.32 Å². The number of halogens is 1. The van der Waals surface area contributed by atoms with Crippen LogP contribution in [-0.2, 0) is 16.2 Å². The van der Waals surface area contributed by atoms with Crippen molar-refractivity contribution in [2.75, 3.05) is 25.0 Å². The number of likely N-dealkylation sites (tertiary alicyclic amines) is 1. The molecule has 0 saturated carbocycles. The highest BCUT2D eigenvalue weighted by Crippen LogP contribution is 2.34. The zero-order chi connectivity index (χ0) is 27.5. The van der Waals surface area contributed by atoms with Gasteiger partial charge in [0.1, 0.15) is 23.8 Å². The summed E-state index contributed by atoms with van der Waals surface area (Å²) in [6.07, 6.45) is 6.57. The number of anilines is 1. The molecule has 0 aromatic carbocycles. The molecule has 0 bridgehead atoms. The number of amides is 1. The van der Waals surface area contributed by atoms with Crippen molar-refractivity contribution < 1.29 is 14.3 Å². The Hall–Kier alpha value is -2.69. The van der Waals surface area contributed by atoms with Crippen molar-refractivity contribution in [2.24, 2.45) is 0 Å². The first-order valence-corrected chi connectivity index (χ1v) is 17.3. The molecule has 0 spiro atoms. The molecule has 4 heterocycles. The lowest BCUT2D eigenvalue weighted by molar-refractivity contribution is 0.0210. The van der Waals surface area contributed by atoms with E-state index < -0.39 is 13.7 Å². The number of hydrogen-bond donors (Lipinski definition) is 1. The lowest BCUT2D eigenvalue weighted by Gasteiger charge is -2.34. The maximum Gasteiger partial charge on any atom is 0.410 e. The van der Waals surface area contributed by atoms with Gasteiger partial charge in [-0.3, -0.25) is 4.98 Å². The molecule has 1 N–H and O–H groups in total. The standard InChI is InChI=1S/C27H39ClN6O3Si/c1-27(2,3)37-26(35)33-11-8-19(9-12-33)31-24-15-20(22(28)17-30-24)25-21-16-29-10-7-23(21)34(32-25)18-36-13-14-38(4,5)6/h7,10,15-17,19H,8-9,11-14,18H2,1-6H3,(H,30,31). The van der Waals surface area contributed by atoms with Gasteiger partial charge in [-0.1, -0.05) is 31.2 Å². The van der Waals surface area contributed by atoms with Crippen molar-refractivity contribution in [1.29, 1.82) is 0 Å². The Balaban J connectivity index is 1.46. The van der Waals surface area contributed by atoms with Crippen LogP contribution in [0.25, 0.3) is 22.2 Å². The van der Waals surface area contributed by atoms with Crippen LogP contribution in [-0.4, -0.2) is 70.2 Å². The van der Waals surface area contributed by atoms with E-state index in [0.717, 1.165) is 46.9 Å². The second-order valence-electron chi connectivity index (χ2n) is 12.0. The second-order valence-corrected chi connectivity index (χ2v) is 18.1. The molecule has 11 heteroatoms. The number of hydrogen-bond acceptors (Lipinski definition) is 7. The SMILES string of the molecule is CC(C)(C)OC(=O)N1CCC(Nc2cc(-c3nn(COCC[Si](C)(C)C)c4ccncc34)c(Cl)cn2)CC1. The maximum absolute atomic E-state index is 12.4. The van der Waals surface area contributed by atoms with Crippen LogP contribution in [0.1, 0.15) is 33.6 Å². The Bertz CT molecular complexity index is 1260. The smallest absolute Gasteiger partial charge is 0.410 e. The summed E-state index contributed by atoms with van der Waals surface area (Å²) in [5.41, 5.74) is 1.98. The number of aromatic nitrogens is 4. The topological polar surface area (TPSA) is 94.4 Å². The largest absolute Gasteiger partial charge is 0.444 e. The van der Waals surface area contributed by atoms with E-state index in [1.54, 1.807) is 17.3 Å². The highest BCUT2D eigenvalue weighted by Gasteiger charge is 2.27. The third kappa shape index (κ3) is 7.45. The summed E-state index contributed by atoms with van der Waals surface area (Å²) in [6.45, 7) is 15.0. The zero-order valence-corrected chi connectivity index (χ0v) is 25.0. The molecule has 1 saturated heterocycles. The number of ether oxygens (including phenoxy) is 2. The van der Waals surface area contributed by atoms with E-state index >= 15 is 0 Å². The Morgan fingerprint density at radius 2 is 1.95 bits per heavy atom. The lowest BCUT2D eigenvalue weighted by Crippen LogP contribution is -2.44. The Labute approximate surface area is 230 Å². The van der Waals surface area contributed by atoms with Gasteiger partial charge in [0.25, 0.3) is 0 Å². The van der Waals surface area contributed by atoms with E-state index in [0.29, 0.717) is 31.4 Å². The molecule has 1 amide bonds. The van der Waals surface area contributed by atoms with Crippen LogP contribution >= 0.6 is 11.6 Å². The van der Waals surface area contributed by atoms with Gasteiger partial charge in [0.15, 0.2) is 0 Å². The van der Waals surface area contributed by atoms with Crippen molar-refractivity contribution in [3.63, 3.8) is 0 Å². The van der Waals surface area contributed by atoms with Gasteiger partial charge < -0.3 is 19.7 Å². The van der Waals surface area contributed by atoms with Crippen LogP contribution in [0.5, 0.6) is 0 Å². The number of carbonyl (C=O) groups excluding carboxylic acids is 1. The van der Waals surface area contributed by atoms with Crippen molar-refractivity contribution in [1.82, 2.24) is 24.6 Å². The summed E-state index contributed by atoms with van der Waals surface area (Å²) in [6, 6.07) is 5.17. The summed E-state index contributed by atoms with van der Waals surface area (Å²) in [5.74, 6) is 0.720. The molecule has 3 aromatic rings. The first-order chi connectivity index (χ1) is 17.9. The highest BCUT2D eigenvalue weighted by atomic mass is 35.5. The maximum atomic E-state index is 12.4. The molecule has 206 valence electrons. The fourth-order valence-corrected chi connectivity index (χ4v) is 5.24. The summed E-state index contributed by atoms with van der Waals surface area (Å²) >= 11 is 6.62. The second kappa shape index (κ2) is 11.6. The van der Waals surface area contributed by atoms with Crippen LogP contribution in [0.15, 0.2) is 30.7 Å². The summed E-state index contributed by atoms with van der Waals surface area (Å²) in [5, 5.41) is 9.81. The normalized spacial score (nSPS) is 15.2. The van der Waals surface area contributed by atoms with Gasteiger partial charge in [-0.25, -0.2) is 14.5 Å². The number of rotatable bonds is 8. The minimum Gasteiger partial charge on any atom is -0.444 e. The van der Waals surface area contributed by atoms with E-state index in [4.69, 9.17) is 26.2 Å². The fourth-order valence-electron chi connectivity index (χ4n) is 4.29. The van der Waals surface area contributed by atoms with Gasteiger partial charge in [-0.2, -0.15) is 5.10 Å². The molecule has 4 rings (SSSR count). The van der Waals surface area contributed by atoms with Gasteiger partial charge in [-0.15, -0.1) is 0 Å². The van der Waals surface area contributed by atoms with Crippen molar-refractivity contribution in [3.8, 4) is 11.3 Å². The fraction of sp³-hybridized carbons (Fsp3) is 0.556. The molecule has 9 nitrogen and oxygen atoms in total. The third-order valence-electron chi connectivity index (χ3n) is 6.37. The molecular formula is C27H39ClN6O3Si. The van der Waals surface area contributed by atoms with Crippen LogP contribution in [0, 0.1) is 0 Å². The lowest BCUT2D eigenvalue weighted by atomic mass is 10.0. The number of carbonyl (C=O) groups is 1. The molecule has 3 aromatic heterocycles. The van der Waals surface area contributed by atoms with Crippen LogP contribution in [0.2, 0.25) is 30.7 Å². The van der Waals surface area contributed by atoms with Gasteiger partial charge in [0.05, 0.1) is 10.5 Å². The zero-order valence-electron chi connectivity index (χ0n) is 23.3. The number of piperidine rings is 1. The molecule has 0 atom stereocenters. The molecule has 0 unspecified atom stereocenters. The van der Waals surface area contributed by atoms with Crippen LogP contribution in [0.4, 0.5) is 10.6 Å². The third-order valence-corrected chi connectivity index (χ3v) is 8.38. The molecule has 38 heavy (non-hydrogen) atoms. The predicted octanol–water partition coefficient (Wildman–Crippen LogP) is 6.27. The molecular weight excluding hydrogens is 520 g/mol. The van der Waals surface area contributed by atoms with E-state index in [2.05, 4.69) is 34.9 Å². The van der Waals surface area contributed by atoms with Gasteiger partial charge in [-0.05, 0) is 51.8 Å². The molecule has 1 aliphatic heterocycles. The minimum absolute atomic E-state index is 0.186. The summed E-state index contributed by atoms with van der Waals surface area (Å²) in [7, 11) is -1.17. The van der Waals surface area contributed by atoms with Crippen molar-refractivity contribution >= 4 is 42.5 Å². The summed E-state index contributed by atoms with van der Waals surface area (Å²) < 4.78 is 13.4. The van der Waals surface area contributed by atoms with E-state index in [-0.39, 0.29) is 12.1 Å². The van der Waals surface area contributed by atoms with E-state index in [9.17, 15) is 4.79 Å². The number of pyridine rings is 2. The highest BCUT2D eigenvalue weighted by molar-refractivity contribution is 6.76. The van der Waals surface area contributed by atoms with E-state index in [1.165, 1.54) is 0 Å². The molecule has 1 aliphatic rings. The first kappa shape index (κ1) is 28.3. The monoisotopic (exact) mass is 558 g/mol. The first-order valence-electron chi connectivity index (χ1n) is 13.2. The van der Waals surface area contributed by atoms with Gasteiger partial charge >= 0.3 is 6.09 Å². The minimum atomic E-state index is -1.17. The number of fused-ring (bicyclic) bond motifs is 1. The number of nitrogens with zero attached hydrogens (tertiary/aromatic N) is 5.